The van der Waals surface area contributed by atoms with Crippen LogP contribution in [0.1, 0.15) is 58.2 Å². The number of ether oxygens (including phenoxy) is 1. The molecule has 0 fully saturated rings. The molecular formula is C23H29BrO2. The number of ketones is 1. The Balaban J connectivity index is 2.00. The molecule has 0 amide bonds. The van der Waals surface area contributed by atoms with Crippen molar-refractivity contribution in [3.05, 3.63) is 65.2 Å². The third kappa shape index (κ3) is 5.70. The largest absolute Gasteiger partial charge is 0.471 e. The Morgan fingerprint density at radius 1 is 0.885 bits per heavy atom. The van der Waals surface area contributed by atoms with Crippen LogP contribution < -0.4 is 4.74 Å². The smallest absolute Gasteiger partial charge is 0.211 e. The van der Waals surface area contributed by atoms with Crippen LogP contribution in [0.15, 0.2) is 48.5 Å². The van der Waals surface area contributed by atoms with Gasteiger partial charge in [0.1, 0.15) is 5.75 Å². The lowest BCUT2D eigenvalue weighted by molar-refractivity contribution is -0.129. The lowest BCUT2D eigenvalue weighted by atomic mass is 9.86. The SMILES string of the molecule is CC(C)(C)C(=O)C(Br)Oc1ccc(Cc2ccc(C(C)(C)C)cc2)cc1. The number of Topliss-reactive ketones (excluding diaryl/α,β-unsaturated/α-hetero) is 1. The number of rotatable bonds is 5. The van der Waals surface area contributed by atoms with Gasteiger partial charge in [0, 0.05) is 5.41 Å². The van der Waals surface area contributed by atoms with E-state index in [1.807, 2.05) is 45.0 Å². The van der Waals surface area contributed by atoms with Crippen LogP contribution in [0.25, 0.3) is 0 Å². The van der Waals surface area contributed by atoms with E-state index in [1.165, 1.54) is 16.7 Å². The molecule has 2 rings (SSSR count). The maximum absolute atomic E-state index is 12.2. The molecule has 0 saturated heterocycles. The van der Waals surface area contributed by atoms with E-state index in [1.54, 1.807) is 0 Å². The minimum absolute atomic E-state index is 0.0283. The van der Waals surface area contributed by atoms with Gasteiger partial charge >= 0.3 is 0 Å². The Morgan fingerprint density at radius 3 is 1.77 bits per heavy atom. The van der Waals surface area contributed by atoms with Gasteiger partial charge in [-0.15, -0.1) is 0 Å². The first-order chi connectivity index (χ1) is 12.0. The summed E-state index contributed by atoms with van der Waals surface area (Å²) in [7, 11) is 0. The average Bonchev–Trinajstić information content (AvgIpc) is 2.54. The fraction of sp³-hybridized carbons (Fsp3) is 0.435. The first-order valence-electron chi connectivity index (χ1n) is 9.00. The average molecular weight is 417 g/mol. The maximum Gasteiger partial charge on any atom is 0.211 e. The minimum Gasteiger partial charge on any atom is -0.471 e. The second kappa shape index (κ2) is 7.96. The molecule has 2 nitrogen and oxygen atoms in total. The van der Waals surface area contributed by atoms with Gasteiger partial charge in [0.05, 0.1) is 0 Å². The zero-order valence-electron chi connectivity index (χ0n) is 16.6. The van der Waals surface area contributed by atoms with E-state index in [0.717, 1.165) is 6.42 Å². The van der Waals surface area contributed by atoms with Crippen molar-refractivity contribution in [3.63, 3.8) is 0 Å². The molecule has 0 spiro atoms. The van der Waals surface area contributed by atoms with Crippen molar-refractivity contribution in [1.82, 2.24) is 0 Å². The number of hydrogen-bond donors (Lipinski definition) is 0. The molecule has 2 aromatic carbocycles. The molecule has 0 N–H and O–H groups in total. The second-order valence-electron chi connectivity index (χ2n) is 8.82. The topological polar surface area (TPSA) is 26.3 Å². The number of halogens is 1. The molecule has 3 heteroatoms. The van der Waals surface area contributed by atoms with Crippen LogP contribution >= 0.6 is 15.9 Å². The predicted octanol–water partition coefficient (Wildman–Crippen LogP) is 6.29. The summed E-state index contributed by atoms with van der Waals surface area (Å²) in [5.74, 6) is 0.719. The molecule has 1 unspecified atom stereocenters. The molecule has 0 heterocycles. The van der Waals surface area contributed by atoms with Gasteiger partial charge in [-0.1, -0.05) is 77.9 Å². The lowest BCUT2D eigenvalue weighted by Gasteiger charge is -2.21. The Morgan fingerprint density at radius 2 is 1.35 bits per heavy atom. The van der Waals surface area contributed by atoms with E-state index < -0.39 is 10.4 Å². The summed E-state index contributed by atoms with van der Waals surface area (Å²) in [5, 5.41) is -0.627. The molecule has 140 valence electrons. The predicted molar refractivity (Wildman–Crippen MR) is 112 cm³/mol. The number of carbonyl (C=O) groups excluding carboxylic acids is 1. The highest BCUT2D eigenvalue weighted by atomic mass is 79.9. The van der Waals surface area contributed by atoms with Crippen LogP contribution in [-0.2, 0) is 16.6 Å². The Kier molecular flexibility index (Phi) is 6.33. The molecule has 0 aliphatic rings. The van der Waals surface area contributed by atoms with E-state index in [4.69, 9.17) is 4.74 Å². The van der Waals surface area contributed by atoms with Gasteiger partial charge in [0.25, 0.3) is 0 Å². The quantitative estimate of drug-likeness (QED) is 0.535. The Bertz CT molecular complexity index is 732. The third-order valence-corrected chi connectivity index (χ3v) is 4.94. The van der Waals surface area contributed by atoms with Crippen molar-refractivity contribution in [2.24, 2.45) is 5.41 Å². The van der Waals surface area contributed by atoms with Crippen molar-refractivity contribution in [1.29, 1.82) is 0 Å². The lowest BCUT2D eigenvalue weighted by Crippen LogP contribution is -2.32. The van der Waals surface area contributed by atoms with Crippen LogP contribution in [0.3, 0.4) is 0 Å². The number of alkyl halides is 1. The van der Waals surface area contributed by atoms with Gasteiger partial charge < -0.3 is 4.74 Å². The first kappa shape index (κ1) is 20.7. The summed E-state index contributed by atoms with van der Waals surface area (Å²) in [5.41, 5.74) is 3.58. The zero-order chi connectivity index (χ0) is 19.5. The van der Waals surface area contributed by atoms with Gasteiger partial charge in [-0.3, -0.25) is 4.79 Å². The number of carbonyl (C=O) groups is 1. The van der Waals surface area contributed by atoms with Gasteiger partial charge in [0.2, 0.25) is 5.01 Å². The maximum atomic E-state index is 12.2. The van der Waals surface area contributed by atoms with Crippen molar-refractivity contribution < 1.29 is 9.53 Å². The Hall–Kier alpha value is -1.61. The molecular weight excluding hydrogens is 388 g/mol. The van der Waals surface area contributed by atoms with Gasteiger partial charge in [-0.05, 0) is 56.6 Å². The molecule has 0 aromatic heterocycles. The van der Waals surface area contributed by atoms with Crippen molar-refractivity contribution in [2.45, 2.75) is 58.4 Å². The summed E-state index contributed by atoms with van der Waals surface area (Å²) in [6, 6.07) is 16.7. The van der Waals surface area contributed by atoms with Crippen molar-refractivity contribution in [3.8, 4) is 5.75 Å². The van der Waals surface area contributed by atoms with Crippen molar-refractivity contribution >= 4 is 21.7 Å². The fourth-order valence-electron chi connectivity index (χ4n) is 2.56. The van der Waals surface area contributed by atoms with Crippen molar-refractivity contribution in [2.75, 3.05) is 0 Å². The highest BCUT2D eigenvalue weighted by molar-refractivity contribution is 9.09. The van der Waals surface area contributed by atoms with E-state index in [0.29, 0.717) is 5.75 Å². The van der Waals surface area contributed by atoms with Crippen LogP contribution in [0.5, 0.6) is 5.75 Å². The molecule has 2 aromatic rings. The first-order valence-corrected chi connectivity index (χ1v) is 9.92. The Labute approximate surface area is 166 Å². The zero-order valence-corrected chi connectivity index (χ0v) is 18.2. The van der Waals surface area contributed by atoms with E-state index in [-0.39, 0.29) is 11.2 Å². The highest BCUT2D eigenvalue weighted by Gasteiger charge is 2.29. The summed E-state index contributed by atoms with van der Waals surface area (Å²) in [6.07, 6.45) is 0.878. The standard InChI is InChI=1S/C23H29BrO2/c1-22(2,3)18-11-7-16(8-12-18)15-17-9-13-19(14-10-17)26-21(24)20(25)23(4,5)6/h7-14,21H,15H2,1-6H3. The van der Waals surface area contributed by atoms with Gasteiger partial charge in [-0.2, -0.15) is 0 Å². The summed E-state index contributed by atoms with van der Waals surface area (Å²) in [4.78, 5) is 12.2. The monoisotopic (exact) mass is 416 g/mol. The normalized spacial score (nSPS) is 13.3. The molecule has 0 bridgehead atoms. The summed E-state index contributed by atoms with van der Waals surface area (Å²) in [6.45, 7) is 12.3. The highest BCUT2D eigenvalue weighted by Crippen LogP contribution is 2.25. The van der Waals surface area contributed by atoms with Crippen LogP contribution in [0.2, 0.25) is 0 Å². The minimum atomic E-state index is -0.627. The van der Waals surface area contributed by atoms with Gasteiger partial charge in [0.15, 0.2) is 5.78 Å². The van der Waals surface area contributed by atoms with E-state index >= 15 is 0 Å². The van der Waals surface area contributed by atoms with Crippen LogP contribution in [-0.4, -0.2) is 10.8 Å². The second-order valence-corrected chi connectivity index (χ2v) is 9.65. The number of benzene rings is 2. The summed E-state index contributed by atoms with van der Waals surface area (Å²) >= 11 is 3.34. The van der Waals surface area contributed by atoms with E-state index in [2.05, 4.69) is 61.0 Å². The summed E-state index contributed by atoms with van der Waals surface area (Å²) < 4.78 is 5.73. The number of hydrogen-bond acceptors (Lipinski definition) is 2. The van der Waals surface area contributed by atoms with Gasteiger partial charge in [-0.25, -0.2) is 0 Å². The fourth-order valence-corrected chi connectivity index (χ4v) is 3.46. The molecule has 0 radical (unpaired) electrons. The molecule has 1 atom stereocenters. The third-order valence-electron chi connectivity index (χ3n) is 4.34. The molecule has 0 saturated carbocycles. The molecule has 0 aliphatic carbocycles. The van der Waals surface area contributed by atoms with Crippen LogP contribution in [0, 0.1) is 5.41 Å². The van der Waals surface area contributed by atoms with Crippen LogP contribution in [0.4, 0.5) is 0 Å². The molecule has 26 heavy (non-hydrogen) atoms. The van der Waals surface area contributed by atoms with E-state index in [9.17, 15) is 4.79 Å². The molecule has 0 aliphatic heterocycles.